The van der Waals surface area contributed by atoms with Crippen LogP contribution in [0, 0.1) is 29.4 Å². The quantitative estimate of drug-likeness (QED) is 0.659. The molecule has 0 spiro atoms. The van der Waals surface area contributed by atoms with E-state index in [0.717, 1.165) is 31.1 Å². The van der Waals surface area contributed by atoms with Crippen LogP contribution in [-0.4, -0.2) is 24.8 Å². The smallest absolute Gasteiger partial charge is 0.129 e. The summed E-state index contributed by atoms with van der Waals surface area (Å²) >= 11 is 13.0. The Morgan fingerprint density at radius 3 is 2.57 bits per heavy atom. The minimum Gasteiger partial charge on any atom is -0.395 e. The van der Waals surface area contributed by atoms with Crippen molar-refractivity contribution in [1.82, 2.24) is 0 Å². The minimum atomic E-state index is -0.563. The Kier molecular flexibility index (Phi) is 7.18. The predicted octanol–water partition coefficient (Wildman–Crippen LogP) is 5.46. The third kappa shape index (κ3) is 5.17. The van der Waals surface area contributed by atoms with Gasteiger partial charge in [-0.1, -0.05) is 41.1 Å². The summed E-state index contributed by atoms with van der Waals surface area (Å²) < 4.78 is 27.1. The van der Waals surface area contributed by atoms with Crippen molar-refractivity contribution in [2.75, 3.05) is 24.6 Å². The van der Waals surface area contributed by atoms with Gasteiger partial charge in [-0.3, -0.25) is 0 Å². The number of aliphatic hydroxyl groups is 1. The van der Waals surface area contributed by atoms with Gasteiger partial charge in [0.2, 0.25) is 0 Å². The average molecular weight is 424 g/mol. The largest absolute Gasteiger partial charge is 0.395 e. The summed E-state index contributed by atoms with van der Waals surface area (Å²) in [4.78, 5) is 2.13. The van der Waals surface area contributed by atoms with Gasteiger partial charge >= 0.3 is 0 Å². The van der Waals surface area contributed by atoms with Crippen LogP contribution in [-0.2, 0) is 6.42 Å². The number of hydrogen-bond donors (Lipinski definition) is 1. The highest BCUT2D eigenvalue weighted by molar-refractivity contribution is 6.39. The lowest BCUT2D eigenvalue weighted by Crippen LogP contribution is -2.36. The Bertz CT molecular complexity index is 884. The van der Waals surface area contributed by atoms with Gasteiger partial charge in [-0.05, 0) is 48.9 Å². The lowest BCUT2D eigenvalue weighted by molar-refractivity contribution is 0.305. The van der Waals surface area contributed by atoms with Gasteiger partial charge < -0.3 is 10.0 Å². The van der Waals surface area contributed by atoms with E-state index in [0.29, 0.717) is 40.6 Å². The van der Waals surface area contributed by atoms with E-state index >= 15 is 0 Å². The number of hydrogen-bond acceptors (Lipinski definition) is 2. The standard InChI is InChI=1S/C22H21Cl2F2NO/c23-19-11-15(4-1-2-9-28)12-20(24)22(19)27-8-3-5-16(14-27)10-17-6-7-18(25)13-21(17)26/h6-7,11-13,16,28H,2-3,5,8-10,14H2. The molecule has 2 aromatic rings. The topological polar surface area (TPSA) is 23.5 Å². The number of halogens is 4. The number of piperidine rings is 1. The van der Waals surface area contributed by atoms with Crippen molar-refractivity contribution in [2.24, 2.45) is 5.92 Å². The monoisotopic (exact) mass is 423 g/mol. The van der Waals surface area contributed by atoms with Crippen molar-refractivity contribution in [3.05, 3.63) is 63.1 Å². The fourth-order valence-corrected chi connectivity index (χ4v) is 4.32. The van der Waals surface area contributed by atoms with Crippen LogP contribution in [0.25, 0.3) is 0 Å². The second-order valence-corrected chi connectivity index (χ2v) is 7.77. The van der Waals surface area contributed by atoms with Gasteiger partial charge in [0.15, 0.2) is 0 Å². The van der Waals surface area contributed by atoms with E-state index in [4.69, 9.17) is 28.3 Å². The van der Waals surface area contributed by atoms with Crippen molar-refractivity contribution in [3.63, 3.8) is 0 Å². The first kappa shape index (κ1) is 20.9. The molecular formula is C22H21Cl2F2NO. The molecule has 2 aromatic carbocycles. The third-order valence-corrected chi connectivity index (χ3v) is 5.42. The van der Waals surface area contributed by atoms with Gasteiger partial charge in [-0.2, -0.15) is 0 Å². The van der Waals surface area contributed by atoms with Crippen molar-refractivity contribution < 1.29 is 13.9 Å². The summed E-state index contributed by atoms with van der Waals surface area (Å²) in [6, 6.07) is 7.29. The Hall–Kier alpha value is -1.80. The van der Waals surface area contributed by atoms with Gasteiger partial charge in [0.05, 0.1) is 22.3 Å². The van der Waals surface area contributed by atoms with Gasteiger partial charge in [0.1, 0.15) is 11.6 Å². The van der Waals surface area contributed by atoms with Crippen LogP contribution < -0.4 is 4.90 Å². The fraction of sp³-hybridized carbons (Fsp3) is 0.364. The maximum atomic E-state index is 14.0. The van der Waals surface area contributed by atoms with E-state index in [9.17, 15) is 8.78 Å². The predicted molar refractivity (Wildman–Crippen MR) is 110 cm³/mol. The van der Waals surface area contributed by atoms with E-state index < -0.39 is 11.6 Å². The molecule has 3 rings (SSSR count). The second-order valence-electron chi connectivity index (χ2n) is 6.96. The van der Waals surface area contributed by atoms with Crippen LogP contribution in [0.15, 0.2) is 30.3 Å². The summed E-state index contributed by atoms with van der Waals surface area (Å²) in [5.74, 6) is 4.96. The summed E-state index contributed by atoms with van der Waals surface area (Å²) in [5.41, 5.74) is 1.99. The molecule has 1 heterocycles. The summed E-state index contributed by atoms with van der Waals surface area (Å²) in [7, 11) is 0. The molecule has 1 aliphatic rings. The van der Waals surface area contributed by atoms with E-state index in [1.165, 1.54) is 12.1 Å². The average Bonchev–Trinajstić information content (AvgIpc) is 2.64. The maximum absolute atomic E-state index is 14.0. The molecule has 1 fully saturated rings. The van der Waals surface area contributed by atoms with Crippen molar-refractivity contribution in [1.29, 1.82) is 0 Å². The highest BCUT2D eigenvalue weighted by Crippen LogP contribution is 2.37. The highest BCUT2D eigenvalue weighted by Gasteiger charge is 2.24. The zero-order valence-electron chi connectivity index (χ0n) is 15.3. The minimum absolute atomic E-state index is 0.0103. The molecular weight excluding hydrogens is 403 g/mol. The molecule has 2 nitrogen and oxygen atoms in total. The van der Waals surface area contributed by atoms with Gasteiger partial charge in [-0.15, -0.1) is 0 Å². The van der Waals surface area contributed by atoms with Crippen molar-refractivity contribution in [2.45, 2.75) is 25.7 Å². The number of aliphatic hydroxyl groups excluding tert-OH is 1. The molecule has 0 radical (unpaired) electrons. The number of anilines is 1. The molecule has 0 saturated carbocycles. The number of nitrogens with zero attached hydrogens (tertiary/aromatic N) is 1. The van der Waals surface area contributed by atoms with E-state index in [1.807, 2.05) is 0 Å². The van der Waals surface area contributed by atoms with Crippen LogP contribution in [0.4, 0.5) is 14.5 Å². The highest BCUT2D eigenvalue weighted by atomic mass is 35.5. The molecule has 28 heavy (non-hydrogen) atoms. The first-order chi connectivity index (χ1) is 13.5. The summed E-state index contributed by atoms with van der Waals surface area (Å²) in [6.45, 7) is 1.53. The molecule has 0 bridgehead atoms. The van der Waals surface area contributed by atoms with Crippen LogP contribution in [0.5, 0.6) is 0 Å². The zero-order chi connectivity index (χ0) is 20.1. The molecule has 1 N–H and O–H groups in total. The first-order valence-corrected chi connectivity index (χ1v) is 10.0. The molecule has 0 aliphatic carbocycles. The van der Waals surface area contributed by atoms with E-state index in [2.05, 4.69) is 16.7 Å². The van der Waals surface area contributed by atoms with Crippen LogP contribution in [0.1, 0.15) is 30.4 Å². The second kappa shape index (κ2) is 9.60. The molecule has 0 amide bonds. The third-order valence-electron chi connectivity index (χ3n) is 4.85. The Morgan fingerprint density at radius 1 is 1.14 bits per heavy atom. The van der Waals surface area contributed by atoms with E-state index in [1.54, 1.807) is 12.1 Å². The Balaban J connectivity index is 1.76. The first-order valence-electron chi connectivity index (χ1n) is 9.25. The van der Waals surface area contributed by atoms with Gasteiger partial charge in [0.25, 0.3) is 0 Å². The Labute approximate surface area is 174 Å². The molecule has 1 saturated heterocycles. The zero-order valence-corrected chi connectivity index (χ0v) is 16.8. The van der Waals surface area contributed by atoms with E-state index in [-0.39, 0.29) is 12.5 Å². The SMILES string of the molecule is OCCC#Cc1cc(Cl)c(N2CCCC(Cc3ccc(F)cc3F)C2)c(Cl)c1. The van der Waals surface area contributed by atoms with Crippen molar-refractivity contribution in [3.8, 4) is 11.8 Å². The van der Waals surface area contributed by atoms with Crippen LogP contribution >= 0.6 is 23.2 Å². The fourth-order valence-electron chi connectivity index (χ4n) is 3.59. The number of benzene rings is 2. The van der Waals surface area contributed by atoms with Gasteiger partial charge in [-0.25, -0.2) is 8.78 Å². The molecule has 0 aromatic heterocycles. The molecule has 6 heteroatoms. The lowest BCUT2D eigenvalue weighted by atomic mass is 9.90. The number of rotatable bonds is 4. The summed E-state index contributed by atoms with van der Waals surface area (Å²) in [6.07, 6.45) is 2.85. The summed E-state index contributed by atoms with van der Waals surface area (Å²) in [5, 5.41) is 9.87. The van der Waals surface area contributed by atoms with Crippen molar-refractivity contribution >= 4 is 28.9 Å². The Morgan fingerprint density at radius 2 is 1.89 bits per heavy atom. The molecule has 1 aliphatic heterocycles. The normalized spacial score (nSPS) is 16.6. The lowest BCUT2D eigenvalue weighted by Gasteiger charge is -2.35. The van der Waals surface area contributed by atoms with Crippen LogP contribution in [0.3, 0.4) is 0 Å². The van der Waals surface area contributed by atoms with Crippen LogP contribution in [0.2, 0.25) is 10.0 Å². The molecule has 1 atom stereocenters. The van der Waals surface area contributed by atoms with Gasteiger partial charge in [0, 0.05) is 31.1 Å². The maximum Gasteiger partial charge on any atom is 0.129 e. The molecule has 1 unspecified atom stereocenters. The molecule has 148 valence electrons.